The van der Waals surface area contributed by atoms with Crippen molar-refractivity contribution in [2.45, 2.75) is 71.1 Å². The summed E-state index contributed by atoms with van der Waals surface area (Å²) in [5.74, 6) is -2.53. The van der Waals surface area contributed by atoms with Crippen LogP contribution in [0.4, 0.5) is 16.2 Å². The minimum absolute atomic E-state index is 0.139. The fourth-order valence-corrected chi connectivity index (χ4v) is 3.78. The van der Waals surface area contributed by atoms with E-state index in [1.807, 2.05) is 0 Å². The molecular formula is C25H35N5O9. The minimum Gasteiger partial charge on any atom is -0.454 e. The fourth-order valence-electron chi connectivity index (χ4n) is 3.78. The zero-order valence-electron chi connectivity index (χ0n) is 22.7. The van der Waals surface area contributed by atoms with Crippen LogP contribution in [-0.2, 0) is 28.7 Å². The van der Waals surface area contributed by atoms with Gasteiger partial charge in [-0.1, -0.05) is 6.92 Å². The van der Waals surface area contributed by atoms with Gasteiger partial charge in [-0.05, 0) is 59.1 Å². The Bertz CT molecular complexity index is 1100. The van der Waals surface area contributed by atoms with Gasteiger partial charge in [0.1, 0.15) is 23.7 Å². The second-order valence-corrected chi connectivity index (χ2v) is 10.2. The Morgan fingerprint density at radius 2 is 1.72 bits per heavy atom. The maximum Gasteiger partial charge on any atom is 0.408 e. The van der Waals surface area contributed by atoms with Gasteiger partial charge in [-0.3, -0.25) is 24.5 Å². The molecule has 1 aromatic carbocycles. The molecule has 14 heteroatoms. The van der Waals surface area contributed by atoms with Gasteiger partial charge in [-0.2, -0.15) is 0 Å². The largest absolute Gasteiger partial charge is 0.454 e. The molecule has 0 unspecified atom stereocenters. The summed E-state index contributed by atoms with van der Waals surface area (Å²) in [4.78, 5) is 74.1. The Morgan fingerprint density at radius 3 is 2.28 bits per heavy atom. The molecule has 0 aromatic heterocycles. The van der Waals surface area contributed by atoms with E-state index in [0.717, 1.165) is 0 Å². The lowest BCUT2D eigenvalue weighted by molar-refractivity contribution is -0.384. The van der Waals surface area contributed by atoms with Gasteiger partial charge in [0.15, 0.2) is 6.61 Å². The van der Waals surface area contributed by atoms with Crippen molar-refractivity contribution in [3.05, 3.63) is 34.4 Å². The lowest BCUT2D eigenvalue weighted by Gasteiger charge is -2.34. The number of nitro groups is 1. The van der Waals surface area contributed by atoms with Crippen LogP contribution in [0.25, 0.3) is 0 Å². The van der Waals surface area contributed by atoms with Crippen LogP contribution < -0.4 is 16.0 Å². The van der Waals surface area contributed by atoms with E-state index in [9.17, 15) is 34.1 Å². The number of amides is 4. The molecule has 1 aliphatic heterocycles. The van der Waals surface area contributed by atoms with Crippen LogP contribution in [0.1, 0.15) is 53.9 Å². The number of nitro benzene ring substituents is 1. The maximum atomic E-state index is 13.4. The van der Waals surface area contributed by atoms with Crippen molar-refractivity contribution in [3.8, 4) is 0 Å². The van der Waals surface area contributed by atoms with Gasteiger partial charge in [0.25, 0.3) is 11.6 Å². The molecule has 1 fully saturated rings. The smallest absolute Gasteiger partial charge is 0.408 e. The first kappa shape index (κ1) is 31.0. The highest BCUT2D eigenvalue weighted by atomic mass is 16.6. The number of nitrogens with zero attached hydrogens (tertiary/aromatic N) is 2. The molecule has 0 aliphatic carbocycles. The topological polar surface area (TPSA) is 186 Å². The number of hydrogen-bond donors (Lipinski definition) is 3. The van der Waals surface area contributed by atoms with E-state index in [4.69, 9.17) is 9.47 Å². The molecule has 2 rings (SSSR count). The van der Waals surface area contributed by atoms with E-state index in [1.54, 1.807) is 27.7 Å². The van der Waals surface area contributed by atoms with Crippen molar-refractivity contribution in [2.24, 2.45) is 0 Å². The normalized spacial score (nSPS) is 16.4. The molecule has 14 nitrogen and oxygen atoms in total. The zero-order valence-corrected chi connectivity index (χ0v) is 22.7. The van der Waals surface area contributed by atoms with Gasteiger partial charge in [-0.25, -0.2) is 9.59 Å². The number of ether oxygens (including phenoxy) is 2. The number of anilines is 1. The molecule has 1 aliphatic rings. The molecule has 3 N–H and O–H groups in total. The van der Waals surface area contributed by atoms with Crippen molar-refractivity contribution in [2.75, 3.05) is 25.0 Å². The number of carbonyl (C=O) groups is 5. The van der Waals surface area contributed by atoms with Crippen LogP contribution in [0.3, 0.4) is 0 Å². The average molecular weight is 550 g/mol. The number of benzene rings is 1. The van der Waals surface area contributed by atoms with Crippen LogP contribution in [0, 0.1) is 10.1 Å². The molecule has 1 saturated heterocycles. The lowest BCUT2D eigenvalue weighted by atomic mass is 9.96. The number of rotatable bonds is 10. The second-order valence-electron chi connectivity index (χ2n) is 10.2. The van der Waals surface area contributed by atoms with E-state index in [-0.39, 0.29) is 24.3 Å². The summed E-state index contributed by atoms with van der Waals surface area (Å²) in [6.45, 7) is 7.51. The van der Waals surface area contributed by atoms with Crippen molar-refractivity contribution in [3.63, 3.8) is 0 Å². The highest BCUT2D eigenvalue weighted by Crippen LogP contribution is 2.24. The fraction of sp³-hybridized carbons (Fsp3) is 0.560. The maximum absolute atomic E-state index is 13.4. The van der Waals surface area contributed by atoms with Gasteiger partial charge in [0, 0.05) is 24.4 Å². The summed E-state index contributed by atoms with van der Waals surface area (Å²) in [6.07, 6.45) is 0.277. The molecule has 214 valence electrons. The van der Waals surface area contributed by atoms with Crippen LogP contribution in [-0.4, -0.2) is 76.5 Å². The van der Waals surface area contributed by atoms with Gasteiger partial charge in [0.05, 0.1) is 4.92 Å². The first-order valence-corrected chi connectivity index (χ1v) is 12.4. The van der Waals surface area contributed by atoms with Crippen LogP contribution in [0.5, 0.6) is 0 Å². The van der Waals surface area contributed by atoms with Crippen molar-refractivity contribution >= 4 is 41.2 Å². The zero-order chi connectivity index (χ0) is 29.4. The van der Waals surface area contributed by atoms with Crippen molar-refractivity contribution in [1.29, 1.82) is 0 Å². The molecule has 0 spiro atoms. The Labute approximate surface area is 225 Å². The number of non-ortho nitro benzene ring substituents is 1. The number of esters is 1. The predicted molar refractivity (Wildman–Crippen MR) is 138 cm³/mol. The van der Waals surface area contributed by atoms with Crippen molar-refractivity contribution in [1.82, 2.24) is 15.5 Å². The van der Waals surface area contributed by atoms with E-state index >= 15 is 0 Å². The lowest BCUT2D eigenvalue weighted by Crippen LogP contribution is -2.60. The summed E-state index contributed by atoms with van der Waals surface area (Å²) in [5, 5.41) is 18.2. The average Bonchev–Trinajstić information content (AvgIpc) is 3.35. The van der Waals surface area contributed by atoms with Gasteiger partial charge >= 0.3 is 12.1 Å². The van der Waals surface area contributed by atoms with Crippen LogP contribution in [0.2, 0.25) is 0 Å². The summed E-state index contributed by atoms with van der Waals surface area (Å²) in [7, 11) is 0. The van der Waals surface area contributed by atoms with Crippen LogP contribution in [0.15, 0.2) is 24.3 Å². The summed E-state index contributed by atoms with van der Waals surface area (Å²) >= 11 is 0. The van der Waals surface area contributed by atoms with Crippen molar-refractivity contribution < 1.29 is 38.4 Å². The standard InChI is InChI=1S/C25H35N5O9/c1-6-25(5,28-19(31)14-26-23(35)39-24(2,3)4)22(34)29-13-7-8-18(29)21(33)38-15-20(32)27-16-9-11-17(12-10-16)30(36)37/h9-12,18H,6-8,13-15H2,1-5H3,(H,26,35)(H,27,32)(H,28,31)/t18-,25-/m0/s1. The number of carbonyl (C=O) groups excluding carboxylic acids is 5. The number of nitrogens with one attached hydrogen (secondary N) is 3. The van der Waals surface area contributed by atoms with Crippen LogP contribution >= 0.6 is 0 Å². The Morgan fingerprint density at radius 1 is 1.08 bits per heavy atom. The summed E-state index contributed by atoms with van der Waals surface area (Å²) < 4.78 is 10.2. The summed E-state index contributed by atoms with van der Waals surface area (Å²) in [6, 6.07) is 4.20. The first-order chi connectivity index (χ1) is 18.1. The molecular weight excluding hydrogens is 514 g/mol. The third kappa shape index (κ3) is 9.23. The van der Waals surface area contributed by atoms with Gasteiger partial charge in [-0.15, -0.1) is 0 Å². The molecule has 0 saturated carbocycles. The third-order valence-corrected chi connectivity index (χ3v) is 5.88. The number of alkyl carbamates (subject to hydrolysis) is 1. The minimum atomic E-state index is -1.36. The second kappa shape index (κ2) is 13.0. The molecule has 39 heavy (non-hydrogen) atoms. The van der Waals surface area contributed by atoms with Gasteiger partial charge < -0.3 is 30.3 Å². The SMILES string of the molecule is CC[C@](C)(NC(=O)CNC(=O)OC(C)(C)C)C(=O)N1CCC[C@H]1C(=O)OCC(=O)Nc1ccc([N+](=O)[O-])cc1. The molecule has 4 amide bonds. The highest BCUT2D eigenvalue weighted by Gasteiger charge is 2.43. The van der Waals surface area contributed by atoms with E-state index in [0.29, 0.717) is 12.8 Å². The van der Waals surface area contributed by atoms with Gasteiger partial charge in [0.2, 0.25) is 11.8 Å². The Hall–Kier alpha value is -4.23. The molecule has 1 aromatic rings. The number of likely N-dealkylation sites (tertiary alicyclic amines) is 1. The quantitative estimate of drug-likeness (QED) is 0.222. The van der Waals surface area contributed by atoms with E-state index < -0.39 is 65.0 Å². The highest BCUT2D eigenvalue weighted by molar-refractivity contribution is 5.96. The molecule has 1 heterocycles. The third-order valence-electron chi connectivity index (χ3n) is 5.88. The summed E-state index contributed by atoms with van der Waals surface area (Å²) in [5.41, 5.74) is -1.95. The monoisotopic (exact) mass is 549 g/mol. The predicted octanol–water partition coefficient (Wildman–Crippen LogP) is 1.88. The Kier molecular flexibility index (Phi) is 10.3. The molecule has 2 atom stereocenters. The Balaban J connectivity index is 1.92. The molecule has 0 radical (unpaired) electrons. The first-order valence-electron chi connectivity index (χ1n) is 12.4. The number of hydrogen-bond acceptors (Lipinski definition) is 9. The van der Waals surface area contributed by atoms with E-state index in [2.05, 4.69) is 16.0 Å². The van der Waals surface area contributed by atoms with E-state index in [1.165, 1.54) is 36.1 Å². The molecule has 0 bridgehead atoms.